The summed E-state index contributed by atoms with van der Waals surface area (Å²) in [7, 11) is 0. The van der Waals surface area contributed by atoms with Crippen LogP contribution in [-0.2, 0) is 0 Å². The average molecular weight is 294 g/mol. The molecule has 2 aromatic carbocycles. The summed E-state index contributed by atoms with van der Waals surface area (Å²) in [6.45, 7) is 1.65. The van der Waals surface area contributed by atoms with Crippen LogP contribution in [0.25, 0.3) is 0 Å². The lowest BCUT2D eigenvalue weighted by molar-refractivity contribution is -0.387. The van der Waals surface area contributed by atoms with Gasteiger partial charge in [0, 0.05) is 23.4 Å². The van der Waals surface area contributed by atoms with Crippen molar-refractivity contribution in [2.45, 2.75) is 13.0 Å². The Labute approximate surface area is 119 Å². The van der Waals surface area contributed by atoms with E-state index in [1.54, 1.807) is 6.92 Å². The first-order chi connectivity index (χ1) is 9.88. The summed E-state index contributed by atoms with van der Waals surface area (Å²) in [5.41, 5.74) is -0.0372. The normalized spacial score (nSPS) is 12.0. The summed E-state index contributed by atoms with van der Waals surface area (Å²) in [6.07, 6.45) is 0. The van der Waals surface area contributed by atoms with Gasteiger partial charge in [0.2, 0.25) is 5.82 Å². The van der Waals surface area contributed by atoms with E-state index >= 15 is 0 Å². The number of nitrogens with one attached hydrogen (secondary N) is 1. The Morgan fingerprint density at radius 2 is 1.95 bits per heavy atom. The highest BCUT2D eigenvalue weighted by atomic mass is 19.1. The van der Waals surface area contributed by atoms with Crippen LogP contribution in [0, 0.1) is 21.7 Å². The van der Waals surface area contributed by atoms with Crippen LogP contribution in [0.1, 0.15) is 18.5 Å². The number of phenolic OH excluding ortho intramolecular Hbond substituents is 1. The van der Waals surface area contributed by atoms with Gasteiger partial charge in [0.15, 0.2) is 0 Å². The van der Waals surface area contributed by atoms with Crippen molar-refractivity contribution >= 4 is 11.4 Å². The number of nitro groups is 1. The molecular weight excluding hydrogens is 282 g/mol. The molecule has 21 heavy (non-hydrogen) atoms. The standard InChI is InChI=1S/C14H12F2N2O3/c1-8(11-6-9(15)2-5-14(11)19)17-10-3-4-13(18(20)21)12(16)7-10/h2-8,17,19H,1H3. The third-order valence-corrected chi connectivity index (χ3v) is 2.98. The molecule has 2 rings (SSSR count). The zero-order valence-electron chi connectivity index (χ0n) is 11.0. The van der Waals surface area contributed by atoms with Crippen LogP contribution in [0.3, 0.4) is 0 Å². The topological polar surface area (TPSA) is 75.4 Å². The van der Waals surface area contributed by atoms with E-state index in [2.05, 4.69) is 5.32 Å². The molecule has 1 unspecified atom stereocenters. The fourth-order valence-corrected chi connectivity index (χ4v) is 1.94. The Hall–Kier alpha value is -2.70. The summed E-state index contributed by atoms with van der Waals surface area (Å²) in [4.78, 5) is 9.71. The van der Waals surface area contributed by atoms with Crippen molar-refractivity contribution in [1.82, 2.24) is 0 Å². The monoisotopic (exact) mass is 294 g/mol. The van der Waals surface area contributed by atoms with E-state index in [0.29, 0.717) is 5.56 Å². The molecule has 0 amide bonds. The second-order valence-electron chi connectivity index (χ2n) is 4.49. The highest BCUT2D eigenvalue weighted by Crippen LogP contribution is 2.29. The lowest BCUT2D eigenvalue weighted by Crippen LogP contribution is -2.07. The van der Waals surface area contributed by atoms with Crippen LogP contribution in [0.4, 0.5) is 20.2 Å². The maximum Gasteiger partial charge on any atom is 0.304 e. The summed E-state index contributed by atoms with van der Waals surface area (Å²) in [6, 6.07) is 6.35. The predicted octanol–water partition coefficient (Wildman–Crippen LogP) is 3.75. The molecule has 0 bridgehead atoms. The molecule has 0 spiro atoms. The number of hydrogen-bond donors (Lipinski definition) is 2. The fourth-order valence-electron chi connectivity index (χ4n) is 1.94. The van der Waals surface area contributed by atoms with Crippen LogP contribution in [0.15, 0.2) is 36.4 Å². The van der Waals surface area contributed by atoms with Crippen molar-refractivity contribution in [3.05, 3.63) is 63.7 Å². The van der Waals surface area contributed by atoms with Gasteiger partial charge in [-0.1, -0.05) is 0 Å². The molecule has 0 aliphatic heterocycles. The maximum absolute atomic E-state index is 13.5. The predicted molar refractivity (Wildman–Crippen MR) is 73.2 cm³/mol. The molecule has 0 aliphatic rings. The van der Waals surface area contributed by atoms with E-state index in [0.717, 1.165) is 24.3 Å². The molecule has 2 aromatic rings. The van der Waals surface area contributed by atoms with E-state index in [4.69, 9.17) is 0 Å². The average Bonchev–Trinajstić information content (AvgIpc) is 2.41. The van der Waals surface area contributed by atoms with Crippen LogP contribution in [0.2, 0.25) is 0 Å². The van der Waals surface area contributed by atoms with E-state index in [-0.39, 0.29) is 11.4 Å². The van der Waals surface area contributed by atoms with Crippen LogP contribution in [0.5, 0.6) is 5.75 Å². The van der Waals surface area contributed by atoms with Crippen LogP contribution < -0.4 is 5.32 Å². The molecule has 2 N–H and O–H groups in total. The van der Waals surface area contributed by atoms with E-state index in [1.807, 2.05) is 0 Å². The van der Waals surface area contributed by atoms with Gasteiger partial charge in [-0.3, -0.25) is 10.1 Å². The molecule has 0 aliphatic carbocycles. The lowest BCUT2D eigenvalue weighted by Gasteiger charge is -2.17. The Bertz CT molecular complexity index is 692. The first kappa shape index (κ1) is 14.7. The minimum atomic E-state index is -0.972. The number of nitro benzene ring substituents is 1. The molecule has 0 fully saturated rings. The molecule has 0 saturated carbocycles. The largest absolute Gasteiger partial charge is 0.508 e. The molecule has 0 saturated heterocycles. The minimum Gasteiger partial charge on any atom is -0.508 e. The third kappa shape index (κ3) is 3.25. The van der Waals surface area contributed by atoms with E-state index in [9.17, 15) is 24.0 Å². The molecular formula is C14H12F2N2O3. The zero-order chi connectivity index (χ0) is 15.6. The Morgan fingerprint density at radius 1 is 1.24 bits per heavy atom. The summed E-state index contributed by atoms with van der Waals surface area (Å²) in [5.74, 6) is -1.58. The van der Waals surface area contributed by atoms with Gasteiger partial charge < -0.3 is 10.4 Å². The number of halogens is 2. The first-order valence-corrected chi connectivity index (χ1v) is 6.07. The van der Waals surface area contributed by atoms with Gasteiger partial charge >= 0.3 is 5.69 Å². The van der Waals surface area contributed by atoms with Gasteiger partial charge in [-0.25, -0.2) is 4.39 Å². The van der Waals surface area contributed by atoms with Crippen molar-refractivity contribution in [1.29, 1.82) is 0 Å². The lowest BCUT2D eigenvalue weighted by atomic mass is 10.1. The molecule has 1 atom stereocenters. The smallest absolute Gasteiger partial charge is 0.304 e. The SMILES string of the molecule is CC(Nc1ccc([N+](=O)[O-])c(F)c1)c1cc(F)ccc1O. The molecule has 7 heteroatoms. The van der Waals surface area contributed by atoms with E-state index < -0.39 is 28.3 Å². The highest BCUT2D eigenvalue weighted by molar-refractivity contribution is 5.52. The summed E-state index contributed by atoms with van der Waals surface area (Å²) in [5, 5.41) is 23.1. The Balaban J connectivity index is 2.23. The van der Waals surface area contributed by atoms with Gasteiger partial charge in [0.05, 0.1) is 11.0 Å². The van der Waals surface area contributed by atoms with Gasteiger partial charge in [-0.2, -0.15) is 4.39 Å². The number of nitrogens with zero attached hydrogens (tertiary/aromatic N) is 1. The maximum atomic E-state index is 13.5. The number of hydrogen-bond acceptors (Lipinski definition) is 4. The fraction of sp³-hybridized carbons (Fsp3) is 0.143. The van der Waals surface area contributed by atoms with Gasteiger partial charge in [0.25, 0.3) is 0 Å². The van der Waals surface area contributed by atoms with Gasteiger partial charge in [0.1, 0.15) is 11.6 Å². The minimum absolute atomic E-state index is 0.0983. The third-order valence-electron chi connectivity index (χ3n) is 2.98. The van der Waals surface area contributed by atoms with Crippen LogP contribution in [-0.4, -0.2) is 10.0 Å². The number of benzene rings is 2. The Morgan fingerprint density at radius 3 is 2.57 bits per heavy atom. The van der Waals surface area contributed by atoms with Gasteiger partial charge in [-0.15, -0.1) is 0 Å². The second kappa shape index (κ2) is 5.74. The van der Waals surface area contributed by atoms with Crippen molar-refractivity contribution in [2.24, 2.45) is 0 Å². The molecule has 0 heterocycles. The molecule has 110 valence electrons. The molecule has 0 radical (unpaired) electrons. The number of phenols is 1. The van der Waals surface area contributed by atoms with E-state index in [1.165, 1.54) is 12.1 Å². The van der Waals surface area contributed by atoms with Crippen LogP contribution >= 0.6 is 0 Å². The molecule has 5 nitrogen and oxygen atoms in total. The number of anilines is 1. The quantitative estimate of drug-likeness (QED) is 0.665. The summed E-state index contributed by atoms with van der Waals surface area (Å²) >= 11 is 0. The highest BCUT2D eigenvalue weighted by Gasteiger charge is 2.16. The van der Waals surface area contributed by atoms with Gasteiger partial charge in [-0.05, 0) is 31.2 Å². The zero-order valence-corrected chi connectivity index (χ0v) is 11.0. The number of aromatic hydroxyl groups is 1. The second-order valence-corrected chi connectivity index (χ2v) is 4.49. The van der Waals surface area contributed by atoms with Crippen molar-refractivity contribution in [2.75, 3.05) is 5.32 Å². The molecule has 0 aromatic heterocycles. The van der Waals surface area contributed by atoms with Crippen molar-refractivity contribution in [3.8, 4) is 5.75 Å². The number of rotatable bonds is 4. The van der Waals surface area contributed by atoms with Crippen molar-refractivity contribution < 1.29 is 18.8 Å². The summed E-state index contributed by atoms with van der Waals surface area (Å²) < 4.78 is 26.7. The Kier molecular flexibility index (Phi) is 4.02. The first-order valence-electron chi connectivity index (χ1n) is 6.07. The van der Waals surface area contributed by atoms with Crippen molar-refractivity contribution in [3.63, 3.8) is 0 Å².